The van der Waals surface area contributed by atoms with Crippen molar-refractivity contribution in [1.29, 1.82) is 5.46 Å². The van der Waals surface area contributed by atoms with Gasteiger partial charge in [-0.3, -0.25) is 0 Å². The molecule has 1 radical (unpaired) electrons. The molecular formula is C37H32ClNOOsP2Se. The minimum atomic E-state index is -0.446. The quantitative estimate of drug-likeness (QED) is 0.0745. The van der Waals surface area contributed by atoms with Crippen LogP contribution >= 0.6 is 25.5 Å². The summed E-state index contributed by atoms with van der Waals surface area (Å²) in [5.74, 6) is 3.12. The molecule has 0 aromatic heterocycles. The Labute approximate surface area is 287 Å². The third-order valence-corrected chi connectivity index (χ3v) is 11.0. The van der Waals surface area contributed by atoms with Gasteiger partial charge in [-0.05, 0) is 47.7 Å². The summed E-state index contributed by atoms with van der Waals surface area (Å²) in [5, 5.41) is 8.39. The summed E-state index contributed by atoms with van der Waals surface area (Å²) < 4.78 is 7.25. The van der Waals surface area contributed by atoms with Crippen molar-refractivity contribution in [1.82, 2.24) is 0 Å². The first-order chi connectivity index (χ1) is 21.9. The maximum atomic E-state index is 7.25. The molecule has 0 saturated carbocycles. The van der Waals surface area contributed by atoms with Gasteiger partial charge in [-0.2, -0.15) is 0 Å². The van der Waals surface area contributed by atoms with E-state index < -0.39 is 15.8 Å². The van der Waals surface area contributed by atoms with Crippen LogP contribution in [0.15, 0.2) is 182 Å². The van der Waals surface area contributed by atoms with E-state index in [1.807, 2.05) is 0 Å². The predicted octanol–water partition coefficient (Wildman–Crippen LogP) is 7.42. The molecule has 6 aromatic rings. The van der Waals surface area contributed by atoms with Crippen LogP contribution in [0.25, 0.3) is 0 Å². The zero-order chi connectivity index (χ0) is 31.8. The van der Waals surface area contributed by atoms with E-state index in [9.17, 15) is 0 Å². The van der Waals surface area contributed by atoms with Gasteiger partial charge in [-0.25, -0.2) is 0 Å². The standard InChI is InChI=1S/2C18H15P.CH2Se.ClH.NO.Os/c2*1-4-10-16(11-5-1)19(17-12-6-2-7-13-17)18-14-8-3-9-15-18;1-2;;1-2;/h2*1-15H;1H2;1H;;/q;;-1;;2*+1/p-1. The normalized spacial score (nSPS) is 9.45. The Kier molecular flexibility index (Phi) is 20.1. The first-order valence-electron chi connectivity index (χ1n) is 13.4. The third kappa shape index (κ3) is 12.0. The topological polar surface area (TPSA) is 43.7 Å². The summed E-state index contributed by atoms with van der Waals surface area (Å²) in [6.07, 6.45) is 0. The molecular weight excluding hydrogens is 841 g/mol. The first-order valence-corrected chi connectivity index (χ1v) is 20.5. The molecule has 222 valence electrons. The van der Waals surface area contributed by atoms with Crippen LogP contribution in [0.3, 0.4) is 0 Å². The van der Waals surface area contributed by atoms with Crippen LogP contribution in [0, 0.1) is 11.3 Å². The van der Waals surface area contributed by atoms with Gasteiger partial charge in [-0.15, -0.1) is 0 Å². The second kappa shape index (κ2) is 23.6. The fourth-order valence-electron chi connectivity index (χ4n) is 4.36. The van der Waals surface area contributed by atoms with E-state index in [1.165, 1.54) is 49.4 Å². The van der Waals surface area contributed by atoms with Gasteiger partial charge in [-0.1, -0.05) is 182 Å². The number of nitrogens with zero attached hydrogens (tertiary/aromatic N) is 1. The summed E-state index contributed by atoms with van der Waals surface area (Å²) in [7, 11) is 3.77. The molecule has 0 spiro atoms. The zero-order valence-corrected chi connectivity index (χ0v) is 30.7. The van der Waals surface area contributed by atoms with E-state index in [-0.39, 0.29) is 0 Å². The van der Waals surface area contributed by atoms with Gasteiger partial charge < -0.3 is 0 Å². The van der Waals surface area contributed by atoms with Crippen LogP contribution in [0.4, 0.5) is 0 Å². The predicted molar refractivity (Wildman–Crippen MR) is 190 cm³/mol. The van der Waals surface area contributed by atoms with E-state index in [0.717, 1.165) is 0 Å². The Balaban J connectivity index is 0.000000263. The monoisotopic (exact) mass is 875 g/mol. The molecule has 7 heteroatoms. The van der Waals surface area contributed by atoms with Crippen molar-refractivity contribution < 1.29 is 22.4 Å². The zero-order valence-electron chi connectivity index (χ0n) is 23.9. The van der Waals surface area contributed by atoms with Crippen molar-refractivity contribution in [3.05, 3.63) is 188 Å². The van der Waals surface area contributed by atoms with Crippen LogP contribution in [0.5, 0.6) is 0 Å². The number of halogens is 1. The Bertz CT molecular complexity index is 1250. The molecule has 6 aromatic carbocycles. The van der Waals surface area contributed by atoms with Gasteiger partial charge in [0, 0.05) is 0 Å². The molecule has 0 atom stereocenters. The molecule has 0 aliphatic heterocycles. The summed E-state index contributed by atoms with van der Waals surface area (Å²) in [5.41, 5.74) is 5.75. The Morgan fingerprint density at radius 2 is 0.477 bits per heavy atom. The molecule has 2 nitrogen and oxygen atoms in total. The molecule has 0 N–H and O–H groups in total. The number of benzene rings is 6. The first kappa shape index (κ1) is 37.5. The van der Waals surface area contributed by atoms with Gasteiger partial charge in [0.15, 0.2) is 0 Å². The Hall–Kier alpha value is -2.70. The maximum Gasteiger partial charge on any atom is -0.0134 e. The summed E-state index contributed by atoms with van der Waals surface area (Å²) in [6.45, 7) is 0. The van der Waals surface area contributed by atoms with E-state index in [2.05, 4.69) is 213 Å². The third-order valence-electron chi connectivity index (χ3n) is 6.09. The average molecular weight is 873 g/mol. The molecule has 0 aliphatic rings. The minimum absolute atomic E-state index is 0.446. The fraction of sp³-hybridized carbons (Fsp3) is 0. The van der Waals surface area contributed by atoms with Crippen molar-refractivity contribution in [3.8, 4) is 0 Å². The molecule has 0 fully saturated rings. The average Bonchev–Trinajstić information content (AvgIpc) is 3.14. The van der Waals surface area contributed by atoms with Gasteiger partial charge in [0.1, 0.15) is 0 Å². The summed E-state index contributed by atoms with van der Waals surface area (Å²) in [6, 6.07) is 64.7. The largest absolute Gasteiger partial charge is 0.0622 e. The minimum Gasteiger partial charge on any atom is -0.0622 e. The second-order valence-electron chi connectivity index (χ2n) is 8.68. The number of rotatable bonds is 6. The van der Waals surface area contributed by atoms with E-state index >= 15 is 0 Å². The fourth-order valence-corrected chi connectivity index (χ4v) is 8.97. The van der Waals surface area contributed by atoms with Gasteiger partial charge >= 0.3 is 59.3 Å². The van der Waals surface area contributed by atoms with E-state index in [0.29, 0.717) is 0 Å². The Morgan fingerprint density at radius 1 is 0.364 bits per heavy atom. The van der Waals surface area contributed by atoms with Crippen LogP contribution < -0.4 is 31.8 Å². The van der Waals surface area contributed by atoms with E-state index in [1.54, 1.807) is 0 Å². The second-order valence-corrected chi connectivity index (χ2v) is 13.1. The molecule has 0 aliphatic carbocycles. The van der Waals surface area contributed by atoms with Crippen LogP contribution in [0.1, 0.15) is 0 Å². The molecule has 0 bridgehead atoms. The smallest absolute Gasteiger partial charge is 0.0134 e. The van der Waals surface area contributed by atoms with Gasteiger partial charge in [0.05, 0.1) is 0 Å². The van der Waals surface area contributed by atoms with Crippen molar-refractivity contribution in [2.24, 2.45) is 0 Å². The summed E-state index contributed by atoms with van der Waals surface area (Å²) >= 11 is 3.71. The number of hydrogen-bond acceptors (Lipinski definition) is 1. The number of hydrogen-bond donors (Lipinski definition) is 0. The van der Waals surface area contributed by atoms with Crippen LogP contribution in [-0.4, -0.2) is 16.0 Å². The molecule has 0 saturated heterocycles. The molecule has 44 heavy (non-hydrogen) atoms. The molecule has 6 rings (SSSR count). The van der Waals surface area contributed by atoms with Crippen molar-refractivity contribution >= 4 is 73.3 Å². The molecule has 0 unspecified atom stereocenters. The van der Waals surface area contributed by atoms with Crippen molar-refractivity contribution in [3.63, 3.8) is 0 Å². The van der Waals surface area contributed by atoms with Crippen LogP contribution in [0.2, 0.25) is 0 Å². The van der Waals surface area contributed by atoms with Crippen LogP contribution in [-0.2, 0) is 22.4 Å². The van der Waals surface area contributed by atoms with Gasteiger partial charge in [0.25, 0.3) is 0 Å². The molecule has 0 amide bonds. The van der Waals surface area contributed by atoms with Crippen molar-refractivity contribution in [2.45, 2.75) is 0 Å². The maximum absolute atomic E-state index is 7.25. The Morgan fingerprint density at radius 3 is 0.591 bits per heavy atom. The van der Waals surface area contributed by atoms with E-state index in [4.69, 9.17) is 10.2 Å². The van der Waals surface area contributed by atoms with Gasteiger partial charge in [0.2, 0.25) is 0 Å². The SMILES string of the molecule is N#[O+].[CH2-][Se].[Cl][Os].c1ccc(P(c2ccccc2)c2ccccc2)cc1.c1ccc(P(c2ccccc2)c2ccccc2)cc1. The van der Waals surface area contributed by atoms with Crippen molar-refractivity contribution in [2.75, 3.05) is 0 Å². The summed E-state index contributed by atoms with van der Waals surface area (Å²) in [4.78, 5) is 0. The molecule has 0 heterocycles.